The molecule has 0 saturated heterocycles. The highest BCUT2D eigenvalue weighted by Crippen LogP contribution is 2.27. The zero-order valence-corrected chi connectivity index (χ0v) is 8.83. The van der Waals surface area contributed by atoms with Crippen molar-refractivity contribution in [2.45, 2.75) is 25.8 Å². The van der Waals surface area contributed by atoms with Crippen molar-refractivity contribution in [1.29, 1.82) is 0 Å². The maximum absolute atomic E-state index is 4.64. The van der Waals surface area contributed by atoms with E-state index < -0.39 is 0 Å². The third kappa shape index (κ3) is 1.67. The van der Waals surface area contributed by atoms with Crippen LogP contribution in [0, 0.1) is 6.92 Å². The normalized spacial score (nSPS) is 15.5. The topological polar surface area (TPSA) is 24.9 Å². The minimum Gasteiger partial charge on any atom is -0.367 e. The molecule has 76 valence electrons. The number of aryl methyl sites for hydroxylation is 1. The lowest BCUT2D eigenvalue weighted by Gasteiger charge is -2.08. The monoisotopic (exact) mass is 198 g/mol. The lowest BCUT2D eigenvalue weighted by atomic mass is 10.1. The van der Waals surface area contributed by atoms with Crippen LogP contribution in [-0.2, 0) is 0 Å². The van der Waals surface area contributed by atoms with Crippen LogP contribution in [0.25, 0.3) is 10.9 Å². The van der Waals surface area contributed by atoms with Gasteiger partial charge in [0.15, 0.2) is 0 Å². The van der Waals surface area contributed by atoms with Crippen molar-refractivity contribution in [2.24, 2.45) is 0 Å². The van der Waals surface area contributed by atoms with Gasteiger partial charge in [0.05, 0.1) is 5.52 Å². The van der Waals surface area contributed by atoms with E-state index in [-0.39, 0.29) is 0 Å². The van der Waals surface area contributed by atoms with E-state index in [1.54, 1.807) is 0 Å². The van der Waals surface area contributed by atoms with Crippen molar-refractivity contribution in [3.8, 4) is 0 Å². The molecule has 3 rings (SSSR count). The number of fused-ring (bicyclic) bond motifs is 1. The maximum atomic E-state index is 4.64. The van der Waals surface area contributed by atoms with E-state index in [1.165, 1.54) is 23.8 Å². The first-order valence-electron chi connectivity index (χ1n) is 5.46. The van der Waals surface area contributed by atoms with Gasteiger partial charge < -0.3 is 5.32 Å². The summed E-state index contributed by atoms with van der Waals surface area (Å²) in [6, 6.07) is 11.1. The Hall–Kier alpha value is -1.57. The molecular weight excluding hydrogens is 184 g/mol. The summed E-state index contributed by atoms with van der Waals surface area (Å²) in [6.07, 6.45) is 2.57. The van der Waals surface area contributed by atoms with E-state index in [0.717, 1.165) is 11.3 Å². The van der Waals surface area contributed by atoms with Gasteiger partial charge in [-0.25, -0.2) is 4.98 Å². The minimum absolute atomic E-state index is 0.664. The van der Waals surface area contributed by atoms with Gasteiger partial charge in [0.1, 0.15) is 5.82 Å². The van der Waals surface area contributed by atoms with E-state index in [2.05, 4.69) is 41.5 Å². The summed E-state index contributed by atoms with van der Waals surface area (Å²) in [6.45, 7) is 2.12. The van der Waals surface area contributed by atoms with Crippen LogP contribution in [0.15, 0.2) is 30.3 Å². The van der Waals surface area contributed by atoms with Crippen LogP contribution in [0.2, 0.25) is 0 Å². The maximum Gasteiger partial charge on any atom is 0.129 e. The Morgan fingerprint density at radius 3 is 2.87 bits per heavy atom. The summed E-state index contributed by atoms with van der Waals surface area (Å²) in [5.41, 5.74) is 2.31. The Morgan fingerprint density at radius 1 is 1.27 bits per heavy atom. The highest BCUT2D eigenvalue weighted by Gasteiger charge is 2.21. The molecule has 1 fully saturated rings. The Kier molecular flexibility index (Phi) is 1.88. The zero-order valence-electron chi connectivity index (χ0n) is 8.83. The molecule has 2 aromatic rings. The molecule has 0 amide bonds. The Bertz CT molecular complexity index is 501. The summed E-state index contributed by atoms with van der Waals surface area (Å²) in [7, 11) is 0. The van der Waals surface area contributed by atoms with E-state index in [4.69, 9.17) is 0 Å². The average Bonchev–Trinajstić information content (AvgIpc) is 3.03. The van der Waals surface area contributed by atoms with Crippen LogP contribution in [0.5, 0.6) is 0 Å². The number of benzene rings is 1. The van der Waals surface area contributed by atoms with Gasteiger partial charge in [-0.05, 0) is 37.5 Å². The second kappa shape index (κ2) is 3.23. The Morgan fingerprint density at radius 2 is 2.07 bits per heavy atom. The highest BCUT2D eigenvalue weighted by molar-refractivity contribution is 5.81. The van der Waals surface area contributed by atoms with Crippen LogP contribution >= 0.6 is 0 Å². The molecule has 15 heavy (non-hydrogen) atoms. The third-order valence-corrected chi connectivity index (χ3v) is 2.83. The summed E-state index contributed by atoms with van der Waals surface area (Å²) in [4.78, 5) is 4.64. The number of hydrogen-bond acceptors (Lipinski definition) is 2. The van der Waals surface area contributed by atoms with Crippen molar-refractivity contribution < 1.29 is 0 Å². The summed E-state index contributed by atoms with van der Waals surface area (Å²) < 4.78 is 0. The van der Waals surface area contributed by atoms with E-state index >= 15 is 0 Å². The first-order valence-corrected chi connectivity index (χ1v) is 5.46. The Balaban J connectivity index is 2.08. The number of anilines is 1. The van der Waals surface area contributed by atoms with Crippen molar-refractivity contribution in [2.75, 3.05) is 5.32 Å². The molecule has 2 nitrogen and oxygen atoms in total. The molecule has 1 aromatic carbocycles. The second-order valence-electron chi connectivity index (χ2n) is 4.27. The van der Waals surface area contributed by atoms with Crippen molar-refractivity contribution in [1.82, 2.24) is 4.98 Å². The number of aromatic nitrogens is 1. The fourth-order valence-electron chi connectivity index (χ4n) is 1.79. The number of pyridine rings is 1. The van der Waals surface area contributed by atoms with Crippen molar-refractivity contribution in [3.63, 3.8) is 0 Å². The summed E-state index contributed by atoms with van der Waals surface area (Å²) in [5.74, 6) is 1.05. The molecule has 2 heteroatoms. The SMILES string of the molecule is Cc1cc2ccccc2nc1NC1CC1. The van der Waals surface area contributed by atoms with Crippen LogP contribution in [0.4, 0.5) is 5.82 Å². The van der Waals surface area contributed by atoms with Crippen LogP contribution in [0.3, 0.4) is 0 Å². The first-order chi connectivity index (χ1) is 7.33. The molecule has 0 radical (unpaired) electrons. The third-order valence-electron chi connectivity index (χ3n) is 2.83. The summed E-state index contributed by atoms with van der Waals surface area (Å²) >= 11 is 0. The molecule has 1 saturated carbocycles. The molecule has 1 aromatic heterocycles. The standard InChI is InChI=1S/C13H14N2/c1-9-8-10-4-2-3-5-12(10)15-13(9)14-11-6-7-11/h2-5,8,11H,6-7H2,1H3,(H,14,15). The van der Waals surface area contributed by atoms with Crippen molar-refractivity contribution in [3.05, 3.63) is 35.9 Å². The fraction of sp³-hybridized carbons (Fsp3) is 0.308. The molecule has 0 atom stereocenters. The molecule has 0 unspecified atom stereocenters. The van der Waals surface area contributed by atoms with Crippen molar-refractivity contribution >= 4 is 16.7 Å². The highest BCUT2D eigenvalue weighted by atomic mass is 15.0. The van der Waals surface area contributed by atoms with Gasteiger partial charge in [0, 0.05) is 11.4 Å². The number of para-hydroxylation sites is 1. The smallest absolute Gasteiger partial charge is 0.129 e. The molecule has 1 aliphatic rings. The van der Waals surface area contributed by atoms with Gasteiger partial charge in [-0.2, -0.15) is 0 Å². The predicted molar refractivity (Wildman–Crippen MR) is 63.1 cm³/mol. The van der Waals surface area contributed by atoms with Gasteiger partial charge in [-0.3, -0.25) is 0 Å². The van der Waals surface area contributed by atoms with E-state index in [9.17, 15) is 0 Å². The van der Waals surface area contributed by atoms with Crippen LogP contribution in [0.1, 0.15) is 18.4 Å². The predicted octanol–water partition coefficient (Wildman–Crippen LogP) is 3.12. The first kappa shape index (κ1) is 8.72. The molecule has 0 bridgehead atoms. The van der Waals surface area contributed by atoms with E-state index in [0.29, 0.717) is 6.04 Å². The number of nitrogens with zero attached hydrogens (tertiary/aromatic N) is 1. The molecule has 1 N–H and O–H groups in total. The second-order valence-corrected chi connectivity index (χ2v) is 4.27. The van der Waals surface area contributed by atoms with Crippen LogP contribution in [-0.4, -0.2) is 11.0 Å². The molecule has 1 heterocycles. The molecular formula is C13H14N2. The minimum atomic E-state index is 0.664. The molecule has 1 aliphatic carbocycles. The van der Waals surface area contributed by atoms with Gasteiger partial charge in [-0.1, -0.05) is 18.2 Å². The van der Waals surface area contributed by atoms with Gasteiger partial charge in [-0.15, -0.1) is 0 Å². The quantitative estimate of drug-likeness (QED) is 0.802. The number of rotatable bonds is 2. The molecule has 0 spiro atoms. The fourth-order valence-corrected chi connectivity index (χ4v) is 1.79. The van der Waals surface area contributed by atoms with Gasteiger partial charge in [0.2, 0.25) is 0 Å². The summed E-state index contributed by atoms with van der Waals surface area (Å²) in [5, 5.41) is 4.68. The number of hydrogen-bond donors (Lipinski definition) is 1. The lowest BCUT2D eigenvalue weighted by molar-refractivity contribution is 1.11. The largest absolute Gasteiger partial charge is 0.367 e. The van der Waals surface area contributed by atoms with Gasteiger partial charge >= 0.3 is 0 Å². The lowest BCUT2D eigenvalue weighted by Crippen LogP contribution is -2.04. The average molecular weight is 198 g/mol. The van der Waals surface area contributed by atoms with Gasteiger partial charge in [0.25, 0.3) is 0 Å². The zero-order chi connectivity index (χ0) is 10.3. The molecule has 0 aliphatic heterocycles. The van der Waals surface area contributed by atoms with E-state index in [1.807, 2.05) is 6.07 Å². The Labute approximate surface area is 89.3 Å². The number of nitrogens with one attached hydrogen (secondary N) is 1. The van der Waals surface area contributed by atoms with Crippen LogP contribution < -0.4 is 5.32 Å².